The molecule has 0 aromatic carbocycles. The van der Waals surface area contributed by atoms with Crippen LogP contribution in [0.5, 0.6) is 0 Å². The molecule has 2 heteroatoms. The van der Waals surface area contributed by atoms with E-state index in [1.807, 2.05) is 0 Å². The van der Waals surface area contributed by atoms with Crippen molar-refractivity contribution in [2.75, 3.05) is 0 Å². The Labute approximate surface area is 67.6 Å². The largest absolute Gasteiger partial charge is 0.387 e. The molecule has 1 unspecified atom stereocenters. The standard InChI is InChI=1S/C9H16O2/c1-7(2)8(10)9(11)5-3-4-6-9/h8,10-11H,1,3-6H2,2H3. The zero-order chi connectivity index (χ0) is 8.48. The Kier molecular flexibility index (Phi) is 2.35. The van der Waals surface area contributed by atoms with Crippen molar-refractivity contribution < 1.29 is 10.2 Å². The average molecular weight is 156 g/mol. The van der Waals surface area contributed by atoms with Crippen LogP contribution in [-0.2, 0) is 0 Å². The molecular formula is C9H16O2. The molecule has 1 rings (SSSR count). The second-order valence-corrected chi connectivity index (χ2v) is 3.56. The van der Waals surface area contributed by atoms with E-state index in [4.69, 9.17) is 0 Å². The van der Waals surface area contributed by atoms with Crippen molar-refractivity contribution >= 4 is 0 Å². The highest BCUT2D eigenvalue weighted by Crippen LogP contribution is 2.34. The summed E-state index contributed by atoms with van der Waals surface area (Å²) in [5.41, 5.74) is -0.208. The summed E-state index contributed by atoms with van der Waals surface area (Å²) in [5.74, 6) is 0. The maximum absolute atomic E-state index is 9.82. The first-order valence-corrected chi connectivity index (χ1v) is 4.12. The molecule has 0 aromatic rings. The Morgan fingerprint density at radius 2 is 1.91 bits per heavy atom. The third-order valence-electron chi connectivity index (χ3n) is 2.45. The minimum Gasteiger partial charge on any atom is -0.387 e. The average Bonchev–Trinajstić information content (AvgIpc) is 2.35. The van der Waals surface area contributed by atoms with Crippen LogP contribution in [0.2, 0.25) is 0 Å². The maximum Gasteiger partial charge on any atom is 0.103 e. The van der Waals surface area contributed by atoms with E-state index in [9.17, 15) is 10.2 Å². The molecular weight excluding hydrogens is 140 g/mol. The molecule has 1 saturated carbocycles. The van der Waals surface area contributed by atoms with E-state index < -0.39 is 11.7 Å². The summed E-state index contributed by atoms with van der Waals surface area (Å²) < 4.78 is 0. The van der Waals surface area contributed by atoms with Gasteiger partial charge in [-0.1, -0.05) is 19.4 Å². The van der Waals surface area contributed by atoms with Gasteiger partial charge in [0.15, 0.2) is 0 Å². The van der Waals surface area contributed by atoms with Crippen molar-refractivity contribution in [2.45, 2.75) is 44.3 Å². The van der Waals surface area contributed by atoms with E-state index in [1.54, 1.807) is 6.92 Å². The second kappa shape index (κ2) is 2.95. The zero-order valence-corrected chi connectivity index (χ0v) is 7.01. The lowest BCUT2D eigenvalue weighted by Crippen LogP contribution is -2.39. The van der Waals surface area contributed by atoms with E-state index in [0.29, 0.717) is 18.4 Å². The summed E-state index contributed by atoms with van der Waals surface area (Å²) in [6.07, 6.45) is 2.72. The minimum atomic E-state index is -0.869. The molecule has 2 N–H and O–H groups in total. The monoisotopic (exact) mass is 156 g/mol. The van der Waals surface area contributed by atoms with Gasteiger partial charge in [0.2, 0.25) is 0 Å². The number of aliphatic hydroxyl groups excluding tert-OH is 1. The fourth-order valence-electron chi connectivity index (χ4n) is 1.72. The normalized spacial score (nSPS) is 25.0. The van der Waals surface area contributed by atoms with Crippen LogP contribution in [0.1, 0.15) is 32.6 Å². The first-order valence-electron chi connectivity index (χ1n) is 4.12. The van der Waals surface area contributed by atoms with Gasteiger partial charge in [-0.2, -0.15) is 0 Å². The van der Waals surface area contributed by atoms with Gasteiger partial charge in [-0.3, -0.25) is 0 Å². The van der Waals surface area contributed by atoms with Crippen LogP contribution in [-0.4, -0.2) is 21.9 Å². The third-order valence-corrected chi connectivity index (χ3v) is 2.45. The van der Waals surface area contributed by atoms with Crippen LogP contribution in [0.15, 0.2) is 12.2 Å². The minimum absolute atomic E-state index is 0.661. The highest BCUT2D eigenvalue weighted by atomic mass is 16.3. The number of rotatable bonds is 2. The molecule has 0 amide bonds. The van der Waals surface area contributed by atoms with E-state index in [-0.39, 0.29) is 0 Å². The maximum atomic E-state index is 9.82. The van der Waals surface area contributed by atoms with E-state index >= 15 is 0 Å². The van der Waals surface area contributed by atoms with Crippen LogP contribution in [0.3, 0.4) is 0 Å². The first-order chi connectivity index (χ1) is 5.06. The van der Waals surface area contributed by atoms with E-state index in [1.165, 1.54) is 0 Å². The van der Waals surface area contributed by atoms with Gasteiger partial charge >= 0.3 is 0 Å². The van der Waals surface area contributed by atoms with Crippen LogP contribution < -0.4 is 0 Å². The molecule has 11 heavy (non-hydrogen) atoms. The van der Waals surface area contributed by atoms with Gasteiger partial charge < -0.3 is 10.2 Å². The van der Waals surface area contributed by atoms with Crippen LogP contribution >= 0.6 is 0 Å². The SMILES string of the molecule is C=C(C)C(O)C1(O)CCCC1. The van der Waals surface area contributed by atoms with E-state index in [0.717, 1.165) is 12.8 Å². The molecule has 0 heterocycles. The summed E-state index contributed by atoms with van der Waals surface area (Å²) >= 11 is 0. The molecule has 0 aliphatic heterocycles. The van der Waals surface area contributed by atoms with Gasteiger partial charge in [0.25, 0.3) is 0 Å². The van der Waals surface area contributed by atoms with E-state index in [2.05, 4.69) is 6.58 Å². The van der Waals surface area contributed by atoms with Crippen molar-refractivity contribution in [3.05, 3.63) is 12.2 Å². The molecule has 0 saturated heterocycles. The summed E-state index contributed by atoms with van der Waals surface area (Å²) in [6, 6.07) is 0. The van der Waals surface area contributed by atoms with Crippen molar-refractivity contribution in [1.29, 1.82) is 0 Å². The quantitative estimate of drug-likeness (QED) is 0.590. The number of aliphatic hydroxyl groups is 2. The fraction of sp³-hybridized carbons (Fsp3) is 0.778. The highest BCUT2D eigenvalue weighted by molar-refractivity contribution is 5.08. The Bertz CT molecular complexity index is 157. The smallest absolute Gasteiger partial charge is 0.103 e. The summed E-state index contributed by atoms with van der Waals surface area (Å²) in [7, 11) is 0. The molecule has 0 bridgehead atoms. The molecule has 1 atom stereocenters. The van der Waals surface area contributed by atoms with Crippen molar-refractivity contribution in [2.24, 2.45) is 0 Å². The second-order valence-electron chi connectivity index (χ2n) is 3.56. The first kappa shape index (κ1) is 8.75. The Balaban J connectivity index is 2.63. The summed E-state index contributed by atoms with van der Waals surface area (Å²) in [6.45, 7) is 5.39. The Morgan fingerprint density at radius 1 is 1.45 bits per heavy atom. The number of hydrogen-bond acceptors (Lipinski definition) is 2. The van der Waals surface area contributed by atoms with Crippen molar-refractivity contribution in [1.82, 2.24) is 0 Å². The Morgan fingerprint density at radius 3 is 2.27 bits per heavy atom. The molecule has 64 valence electrons. The molecule has 0 spiro atoms. The fourth-order valence-corrected chi connectivity index (χ4v) is 1.72. The zero-order valence-electron chi connectivity index (χ0n) is 7.01. The van der Waals surface area contributed by atoms with Crippen LogP contribution in [0.4, 0.5) is 0 Å². The highest BCUT2D eigenvalue weighted by Gasteiger charge is 2.38. The van der Waals surface area contributed by atoms with Crippen molar-refractivity contribution in [3.63, 3.8) is 0 Å². The van der Waals surface area contributed by atoms with Crippen molar-refractivity contribution in [3.8, 4) is 0 Å². The summed E-state index contributed by atoms with van der Waals surface area (Å²) in [5, 5.41) is 19.4. The van der Waals surface area contributed by atoms with Gasteiger partial charge in [-0.05, 0) is 25.3 Å². The Hall–Kier alpha value is -0.340. The molecule has 2 nitrogen and oxygen atoms in total. The molecule has 0 aromatic heterocycles. The molecule has 1 fully saturated rings. The lowest BCUT2D eigenvalue weighted by atomic mass is 9.91. The van der Waals surface area contributed by atoms with Gasteiger partial charge in [0.05, 0.1) is 5.60 Å². The molecule has 1 aliphatic rings. The molecule has 1 aliphatic carbocycles. The predicted octanol–water partition coefficient (Wildman–Crippen LogP) is 1.23. The predicted molar refractivity (Wildman–Crippen MR) is 44.2 cm³/mol. The van der Waals surface area contributed by atoms with Crippen LogP contribution in [0.25, 0.3) is 0 Å². The van der Waals surface area contributed by atoms with Gasteiger partial charge in [-0.15, -0.1) is 0 Å². The van der Waals surface area contributed by atoms with Crippen LogP contribution in [0, 0.1) is 0 Å². The topological polar surface area (TPSA) is 40.5 Å². The van der Waals surface area contributed by atoms with Gasteiger partial charge in [0, 0.05) is 0 Å². The summed E-state index contributed by atoms with van der Waals surface area (Å²) in [4.78, 5) is 0. The van der Waals surface area contributed by atoms with Gasteiger partial charge in [0.1, 0.15) is 6.10 Å². The van der Waals surface area contributed by atoms with Gasteiger partial charge in [-0.25, -0.2) is 0 Å². The number of hydrogen-bond donors (Lipinski definition) is 2. The lowest BCUT2D eigenvalue weighted by molar-refractivity contribution is -0.0513. The third kappa shape index (κ3) is 1.63. The molecule has 0 radical (unpaired) electrons. The lowest BCUT2D eigenvalue weighted by Gasteiger charge is -2.28.